The van der Waals surface area contributed by atoms with Gasteiger partial charge in [0.15, 0.2) is 0 Å². The van der Waals surface area contributed by atoms with Crippen LogP contribution < -0.4 is 5.32 Å². The molecule has 116 valence electrons. The minimum atomic E-state index is -0.244. The normalized spacial score (nSPS) is 27.4. The van der Waals surface area contributed by atoms with Crippen molar-refractivity contribution in [2.45, 2.75) is 83.7 Å². The second kappa shape index (κ2) is 6.93. The molecule has 1 heterocycles. The number of nitrogens with one attached hydrogen (secondary N) is 1. The van der Waals surface area contributed by atoms with Crippen LogP contribution in [0.3, 0.4) is 0 Å². The summed E-state index contributed by atoms with van der Waals surface area (Å²) in [5.41, 5.74) is -0.244. The Morgan fingerprint density at radius 1 is 1.30 bits per heavy atom. The molecule has 3 heteroatoms. The molecule has 1 atom stereocenters. The van der Waals surface area contributed by atoms with Gasteiger partial charge in [0.25, 0.3) is 0 Å². The molecule has 1 saturated heterocycles. The Balaban J connectivity index is 2.15. The molecule has 0 aromatic carbocycles. The molecule has 0 bridgehead atoms. The molecule has 0 aromatic rings. The van der Waals surface area contributed by atoms with Crippen molar-refractivity contribution >= 4 is 5.91 Å². The highest BCUT2D eigenvalue weighted by Gasteiger charge is 2.44. The first-order valence-electron chi connectivity index (χ1n) is 8.65. The Kier molecular flexibility index (Phi) is 5.48. The Morgan fingerprint density at radius 3 is 2.50 bits per heavy atom. The van der Waals surface area contributed by atoms with Gasteiger partial charge >= 0.3 is 0 Å². The summed E-state index contributed by atoms with van der Waals surface area (Å²) >= 11 is 0. The van der Waals surface area contributed by atoms with Gasteiger partial charge in [-0.25, -0.2) is 0 Å². The van der Waals surface area contributed by atoms with Crippen molar-refractivity contribution in [3.63, 3.8) is 0 Å². The largest absolute Gasteiger partial charge is 0.338 e. The lowest BCUT2D eigenvalue weighted by Gasteiger charge is -2.39. The van der Waals surface area contributed by atoms with E-state index in [4.69, 9.17) is 0 Å². The second-order valence-corrected chi connectivity index (χ2v) is 7.15. The van der Waals surface area contributed by atoms with Crippen molar-refractivity contribution in [1.82, 2.24) is 10.2 Å². The second-order valence-electron chi connectivity index (χ2n) is 7.15. The fourth-order valence-electron chi connectivity index (χ4n) is 4.02. The molecular formula is C17H32N2O. The highest BCUT2D eigenvalue weighted by Crippen LogP contribution is 2.32. The zero-order valence-corrected chi connectivity index (χ0v) is 13.6. The van der Waals surface area contributed by atoms with Gasteiger partial charge in [0.2, 0.25) is 5.91 Å². The SMILES string of the molecule is CCCC1(C(=O)N(CC(C)C)C2CCCC2)CCCN1. The monoisotopic (exact) mass is 280 g/mol. The first-order valence-corrected chi connectivity index (χ1v) is 8.65. The fraction of sp³-hybridized carbons (Fsp3) is 0.941. The van der Waals surface area contributed by atoms with Gasteiger partial charge in [-0.05, 0) is 44.6 Å². The van der Waals surface area contributed by atoms with Crippen molar-refractivity contribution < 1.29 is 4.79 Å². The molecule has 3 nitrogen and oxygen atoms in total. The van der Waals surface area contributed by atoms with E-state index in [0.717, 1.165) is 38.8 Å². The number of carbonyl (C=O) groups is 1. The van der Waals surface area contributed by atoms with Crippen LogP contribution in [-0.4, -0.2) is 35.5 Å². The average Bonchev–Trinajstić information content (AvgIpc) is 3.07. The van der Waals surface area contributed by atoms with E-state index >= 15 is 0 Å². The lowest BCUT2D eigenvalue weighted by molar-refractivity contribution is -0.141. The van der Waals surface area contributed by atoms with E-state index in [1.165, 1.54) is 25.7 Å². The van der Waals surface area contributed by atoms with Crippen LogP contribution in [0.5, 0.6) is 0 Å². The maximum Gasteiger partial charge on any atom is 0.243 e. The van der Waals surface area contributed by atoms with Crippen molar-refractivity contribution in [3.8, 4) is 0 Å². The van der Waals surface area contributed by atoms with E-state index in [1.54, 1.807) is 0 Å². The van der Waals surface area contributed by atoms with E-state index in [2.05, 4.69) is 31.0 Å². The van der Waals surface area contributed by atoms with Crippen LogP contribution in [0.1, 0.15) is 72.1 Å². The third-order valence-corrected chi connectivity index (χ3v) is 4.92. The summed E-state index contributed by atoms with van der Waals surface area (Å²) in [6, 6.07) is 0.501. The van der Waals surface area contributed by atoms with Gasteiger partial charge in [0, 0.05) is 12.6 Å². The molecule has 1 N–H and O–H groups in total. The number of carbonyl (C=O) groups excluding carboxylic acids is 1. The number of amides is 1. The number of rotatable bonds is 6. The third kappa shape index (κ3) is 3.36. The van der Waals surface area contributed by atoms with Crippen molar-refractivity contribution in [2.24, 2.45) is 5.92 Å². The molecule has 1 unspecified atom stereocenters. The molecule has 0 aromatic heterocycles. The Hall–Kier alpha value is -0.570. The molecule has 2 rings (SSSR count). The van der Waals surface area contributed by atoms with Crippen molar-refractivity contribution in [2.75, 3.05) is 13.1 Å². The van der Waals surface area contributed by atoms with Gasteiger partial charge < -0.3 is 10.2 Å². The predicted octanol–water partition coefficient (Wildman–Crippen LogP) is 3.34. The lowest BCUT2D eigenvalue weighted by atomic mass is 9.89. The highest BCUT2D eigenvalue weighted by molar-refractivity contribution is 5.87. The predicted molar refractivity (Wildman–Crippen MR) is 83.7 cm³/mol. The Labute approximate surface area is 124 Å². The highest BCUT2D eigenvalue weighted by atomic mass is 16.2. The van der Waals surface area contributed by atoms with Gasteiger partial charge in [0.05, 0.1) is 5.54 Å². The first kappa shape index (κ1) is 15.8. The van der Waals surface area contributed by atoms with Crippen molar-refractivity contribution in [3.05, 3.63) is 0 Å². The van der Waals surface area contributed by atoms with Gasteiger partial charge in [-0.2, -0.15) is 0 Å². The van der Waals surface area contributed by atoms with Crippen LogP contribution in [-0.2, 0) is 4.79 Å². The van der Waals surface area contributed by atoms with E-state index in [0.29, 0.717) is 17.9 Å². The molecule has 0 spiro atoms. The Bertz CT molecular complexity index is 315. The van der Waals surface area contributed by atoms with Gasteiger partial charge in [-0.3, -0.25) is 4.79 Å². The smallest absolute Gasteiger partial charge is 0.243 e. The maximum atomic E-state index is 13.2. The first-order chi connectivity index (χ1) is 9.59. The molecule has 2 aliphatic rings. The summed E-state index contributed by atoms with van der Waals surface area (Å²) in [6.07, 6.45) is 9.25. The summed E-state index contributed by atoms with van der Waals surface area (Å²) < 4.78 is 0. The minimum Gasteiger partial charge on any atom is -0.338 e. The van der Waals surface area contributed by atoms with E-state index < -0.39 is 0 Å². The minimum absolute atomic E-state index is 0.244. The fourth-order valence-corrected chi connectivity index (χ4v) is 4.02. The van der Waals surface area contributed by atoms with Crippen molar-refractivity contribution in [1.29, 1.82) is 0 Å². The summed E-state index contributed by atoms with van der Waals surface area (Å²) in [4.78, 5) is 15.5. The summed E-state index contributed by atoms with van der Waals surface area (Å²) in [7, 11) is 0. The molecule has 1 aliphatic heterocycles. The zero-order chi connectivity index (χ0) is 14.6. The molecule has 20 heavy (non-hydrogen) atoms. The summed E-state index contributed by atoms with van der Waals surface area (Å²) in [6.45, 7) is 8.58. The van der Waals surface area contributed by atoms with Gasteiger partial charge in [-0.1, -0.05) is 40.0 Å². The molecule has 0 radical (unpaired) electrons. The molecular weight excluding hydrogens is 248 g/mol. The third-order valence-electron chi connectivity index (χ3n) is 4.92. The topological polar surface area (TPSA) is 32.3 Å². The van der Waals surface area contributed by atoms with Gasteiger partial charge in [0.1, 0.15) is 0 Å². The van der Waals surface area contributed by atoms with Crippen LogP contribution in [0, 0.1) is 5.92 Å². The van der Waals surface area contributed by atoms with Crippen LogP contribution in [0.25, 0.3) is 0 Å². The standard InChI is InChI=1S/C17H32N2O/c1-4-10-17(11-7-12-18-17)16(20)19(13-14(2)3)15-8-5-6-9-15/h14-15,18H,4-13H2,1-3H3. The number of hydrogen-bond acceptors (Lipinski definition) is 2. The number of nitrogens with zero attached hydrogens (tertiary/aromatic N) is 1. The van der Waals surface area contributed by atoms with E-state index in [-0.39, 0.29) is 5.54 Å². The maximum absolute atomic E-state index is 13.2. The summed E-state index contributed by atoms with van der Waals surface area (Å²) in [5.74, 6) is 0.956. The van der Waals surface area contributed by atoms with E-state index in [1.807, 2.05) is 0 Å². The number of hydrogen-bond donors (Lipinski definition) is 1. The van der Waals surface area contributed by atoms with Crippen LogP contribution in [0.2, 0.25) is 0 Å². The molecule has 1 amide bonds. The summed E-state index contributed by atoms with van der Waals surface area (Å²) in [5, 5.41) is 3.56. The quantitative estimate of drug-likeness (QED) is 0.809. The Morgan fingerprint density at radius 2 is 2.00 bits per heavy atom. The van der Waals surface area contributed by atoms with Crippen LogP contribution in [0.15, 0.2) is 0 Å². The van der Waals surface area contributed by atoms with Gasteiger partial charge in [-0.15, -0.1) is 0 Å². The molecule has 1 saturated carbocycles. The van der Waals surface area contributed by atoms with E-state index in [9.17, 15) is 4.79 Å². The molecule has 1 aliphatic carbocycles. The lowest BCUT2D eigenvalue weighted by Crippen LogP contribution is -2.57. The molecule has 2 fully saturated rings. The zero-order valence-electron chi connectivity index (χ0n) is 13.6. The van der Waals surface area contributed by atoms with Crippen LogP contribution in [0.4, 0.5) is 0 Å². The van der Waals surface area contributed by atoms with Crippen LogP contribution >= 0.6 is 0 Å². The average molecular weight is 280 g/mol.